The number of carbonyl (C=O) groups is 3. The average Bonchev–Trinajstić information content (AvgIpc) is 2.93. The number of aldehydes is 1. The zero-order valence-corrected chi connectivity index (χ0v) is 23.3. The van der Waals surface area contributed by atoms with Gasteiger partial charge < -0.3 is 34.6 Å². The van der Waals surface area contributed by atoms with Gasteiger partial charge in [0.05, 0.1) is 23.3 Å². The number of benzene rings is 2. The number of aliphatic hydroxyl groups excluding tert-OH is 2. The van der Waals surface area contributed by atoms with Gasteiger partial charge in [-0.25, -0.2) is 0 Å². The third-order valence-corrected chi connectivity index (χ3v) is 6.84. The number of ether oxygens (including phenoxy) is 3. The van der Waals surface area contributed by atoms with E-state index in [2.05, 4.69) is 5.32 Å². The molecule has 2 amide bonds. The minimum absolute atomic E-state index is 0.0458. The van der Waals surface area contributed by atoms with Gasteiger partial charge in [-0.3, -0.25) is 14.4 Å². The van der Waals surface area contributed by atoms with Gasteiger partial charge in [-0.15, -0.1) is 0 Å². The summed E-state index contributed by atoms with van der Waals surface area (Å²) in [5.41, 5.74) is 1.52. The van der Waals surface area contributed by atoms with Crippen molar-refractivity contribution in [3.05, 3.63) is 68.8 Å². The van der Waals surface area contributed by atoms with E-state index in [1.807, 2.05) is 52.9 Å². The van der Waals surface area contributed by atoms with Gasteiger partial charge >= 0.3 is 0 Å². The second-order valence-electron chi connectivity index (χ2n) is 8.61. The van der Waals surface area contributed by atoms with Crippen LogP contribution in [0.15, 0.2) is 54.1 Å². The molecule has 0 saturated carbocycles. The Hall–Kier alpha value is -3.00. The number of nitrogens with zero attached hydrogens (tertiary/aromatic N) is 1. The van der Waals surface area contributed by atoms with Crippen LogP contribution in [0.5, 0.6) is 11.5 Å². The first-order valence-electron chi connectivity index (χ1n) is 11.9. The third-order valence-electron chi connectivity index (χ3n) is 6.04. The molecule has 0 radical (unpaired) electrons. The molecule has 3 rings (SSSR count). The fraction of sp³-hybridized carbons (Fsp3) is 0.370. The van der Waals surface area contributed by atoms with E-state index in [0.717, 1.165) is 5.56 Å². The Balaban J connectivity index is 2.03. The molecule has 0 saturated heterocycles. The highest BCUT2D eigenvalue weighted by Crippen LogP contribution is 2.37. The van der Waals surface area contributed by atoms with Crippen LogP contribution in [0.4, 0.5) is 0 Å². The summed E-state index contributed by atoms with van der Waals surface area (Å²) < 4.78 is 17.3. The van der Waals surface area contributed by atoms with Crippen LogP contribution >= 0.6 is 22.6 Å². The van der Waals surface area contributed by atoms with Crippen molar-refractivity contribution < 1.29 is 38.8 Å². The molecule has 0 bridgehead atoms. The van der Waals surface area contributed by atoms with Crippen LogP contribution in [0.3, 0.4) is 0 Å². The van der Waals surface area contributed by atoms with E-state index in [4.69, 9.17) is 19.3 Å². The van der Waals surface area contributed by atoms with Crippen LogP contribution < -0.4 is 14.8 Å². The van der Waals surface area contributed by atoms with Gasteiger partial charge in [0, 0.05) is 37.8 Å². The number of nitrogens with one attached hydrogen (secondary N) is 1. The predicted octanol–water partition coefficient (Wildman–Crippen LogP) is 1.70. The van der Waals surface area contributed by atoms with Crippen molar-refractivity contribution >= 4 is 40.7 Å². The molecule has 0 fully saturated rings. The lowest BCUT2D eigenvalue weighted by Crippen LogP contribution is -2.55. The van der Waals surface area contributed by atoms with Crippen LogP contribution in [-0.2, 0) is 20.9 Å². The Morgan fingerprint density at radius 3 is 2.58 bits per heavy atom. The smallest absolute Gasteiger partial charge is 0.249 e. The molecule has 0 spiro atoms. The molecule has 38 heavy (non-hydrogen) atoms. The summed E-state index contributed by atoms with van der Waals surface area (Å²) in [5, 5.41) is 23.3. The molecular formula is C27H31IN2O8. The summed E-state index contributed by atoms with van der Waals surface area (Å²) in [7, 11) is 2.84. The second kappa shape index (κ2) is 14.2. The Bertz CT molecular complexity index is 1160. The highest BCUT2D eigenvalue weighted by molar-refractivity contribution is 14.1. The second-order valence-corrected chi connectivity index (χ2v) is 9.77. The van der Waals surface area contributed by atoms with E-state index >= 15 is 0 Å². The Kier molecular flexibility index (Phi) is 11.1. The molecule has 10 nitrogen and oxygen atoms in total. The van der Waals surface area contributed by atoms with Crippen LogP contribution in [0.1, 0.15) is 22.3 Å². The first-order valence-corrected chi connectivity index (χ1v) is 13.0. The zero-order chi connectivity index (χ0) is 27.7. The fourth-order valence-corrected chi connectivity index (χ4v) is 4.97. The summed E-state index contributed by atoms with van der Waals surface area (Å²) in [5.74, 6) is -0.239. The SMILES string of the molecule is COCC(=O)N(Cc1ccccc1)C1CC(C(=O)NCCO)=CC(Oc2c(I)cc(C=O)cc2OC)C1O. The van der Waals surface area contributed by atoms with E-state index in [9.17, 15) is 19.5 Å². The summed E-state index contributed by atoms with van der Waals surface area (Å²) in [6.45, 7) is -0.228. The van der Waals surface area contributed by atoms with Crippen molar-refractivity contribution in [1.29, 1.82) is 0 Å². The number of aliphatic hydroxyl groups is 2. The van der Waals surface area contributed by atoms with Crippen LogP contribution in [0.2, 0.25) is 0 Å². The van der Waals surface area contributed by atoms with Gasteiger partial charge in [-0.05, 0) is 46.4 Å². The number of carbonyl (C=O) groups excluding carboxylic acids is 3. The first kappa shape index (κ1) is 29.6. The van der Waals surface area contributed by atoms with Crippen molar-refractivity contribution in [2.45, 2.75) is 31.2 Å². The molecule has 2 aromatic carbocycles. The molecule has 1 aliphatic rings. The van der Waals surface area contributed by atoms with Crippen molar-refractivity contribution in [1.82, 2.24) is 10.2 Å². The number of methoxy groups -OCH3 is 2. The van der Waals surface area contributed by atoms with Crippen LogP contribution in [-0.4, -0.2) is 85.4 Å². The van der Waals surface area contributed by atoms with E-state index < -0.39 is 24.2 Å². The van der Waals surface area contributed by atoms with E-state index in [-0.39, 0.29) is 50.1 Å². The lowest BCUT2D eigenvalue weighted by Gasteiger charge is -2.40. The molecule has 204 valence electrons. The molecule has 0 heterocycles. The number of halogens is 1. The lowest BCUT2D eigenvalue weighted by atomic mass is 9.87. The largest absolute Gasteiger partial charge is 0.493 e. The molecule has 3 atom stereocenters. The molecule has 0 aliphatic heterocycles. The third kappa shape index (κ3) is 7.31. The number of hydrogen-bond acceptors (Lipinski definition) is 8. The van der Waals surface area contributed by atoms with Crippen molar-refractivity contribution in [3.63, 3.8) is 0 Å². The Morgan fingerprint density at radius 1 is 1.21 bits per heavy atom. The quantitative estimate of drug-likeness (QED) is 0.237. The molecule has 11 heteroatoms. The summed E-state index contributed by atoms with van der Waals surface area (Å²) in [6.07, 6.45) is -0.00842. The molecule has 3 unspecified atom stereocenters. The molecule has 2 aromatic rings. The molecule has 0 aromatic heterocycles. The lowest BCUT2D eigenvalue weighted by molar-refractivity contribution is -0.143. The van der Waals surface area contributed by atoms with Crippen molar-refractivity contribution in [2.24, 2.45) is 0 Å². The number of amides is 2. The van der Waals surface area contributed by atoms with Gasteiger partial charge in [0.2, 0.25) is 11.8 Å². The topological polar surface area (TPSA) is 135 Å². The minimum Gasteiger partial charge on any atom is -0.493 e. The Morgan fingerprint density at radius 2 is 1.95 bits per heavy atom. The molecular weight excluding hydrogens is 607 g/mol. The summed E-state index contributed by atoms with van der Waals surface area (Å²) in [4.78, 5) is 38.9. The molecule has 1 aliphatic carbocycles. The Labute approximate surface area is 234 Å². The maximum absolute atomic E-state index is 13.2. The standard InChI is InChI=1S/C27H31IN2O8/c1-36-16-24(33)30(14-17-6-4-3-5-7-17)21-12-19(27(35)29-8-9-31)13-22(25(21)34)38-26-20(28)10-18(15-32)11-23(26)37-2/h3-7,10-11,13,15,21-22,25,31,34H,8-9,12,14,16H2,1-2H3,(H,29,35). The fourth-order valence-electron chi connectivity index (χ4n) is 4.21. The van der Waals surface area contributed by atoms with Crippen molar-refractivity contribution in [3.8, 4) is 11.5 Å². The molecule has 3 N–H and O–H groups in total. The van der Waals surface area contributed by atoms with Gasteiger partial charge in [0.25, 0.3) is 0 Å². The van der Waals surface area contributed by atoms with Gasteiger partial charge in [0.15, 0.2) is 11.5 Å². The van der Waals surface area contributed by atoms with Gasteiger partial charge in [0.1, 0.15) is 25.1 Å². The van der Waals surface area contributed by atoms with Gasteiger partial charge in [-0.1, -0.05) is 30.3 Å². The number of rotatable bonds is 12. The van der Waals surface area contributed by atoms with Gasteiger partial charge in [-0.2, -0.15) is 0 Å². The summed E-state index contributed by atoms with van der Waals surface area (Å²) >= 11 is 2.00. The monoisotopic (exact) mass is 638 g/mol. The predicted molar refractivity (Wildman–Crippen MR) is 147 cm³/mol. The van der Waals surface area contributed by atoms with E-state index in [1.54, 1.807) is 6.07 Å². The van der Waals surface area contributed by atoms with Crippen LogP contribution in [0, 0.1) is 3.57 Å². The minimum atomic E-state index is -1.22. The van der Waals surface area contributed by atoms with Crippen molar-refractivity contribution in [2.75, 3.05) is 34.0 Å². The number of hydrogen-bond donors (Lipinski definition) is 3. The zero-order valence-electron chi connectivity index (χ0n) is 21.1. The van der Waals surface area contributed by atoms with E-state index in [0.29, 0.717) is 21.0 Å². The highest BCUT2D eigenvalue weighted by atomic mass is 127. The maximum atomic E-state index is 13.2. The highest BCUT2D eigenvalue weighted by Gasteiger charge is 2.41. The maximum Gasteiger partial charge on any atom is 0.249 e. The summed E-state index contributed by atoms with van der Waals surface area (Å²) in [6, 6.07) is 11.6. The normalized spacial score (nSPS) is 18.8. The average molecular weight is 638 g/mol. The van der Waals surface area contributed by atoms with Crippen LogP contribution in [0.25, 0.3) is 0 Å². The first-order chi connectivity index (χ1) is 18.3. The van der Waals surface area contributed by atoms with E-state index in [1.165, 1.54) is 31.3 Å².